The normalized spacial score (nSPS) is 26.6. The van der Waals surface area contributed by atoms with Gasteiger partial charge in [-0.15, -0.1) is 0 Å². The molecule has 0 spiro atoms. The third-order valence-corrected chi connectivity index (χ3v) is 5.69. The Morgan fingerprint density at radius 3 is 2.81 bits per heavy atom. The van der Waals surface area contributed by atoms with Gasteiger partial charge in [-0.3, -0.25) is 0 Å². The first kappa shape index (κ1) is 14.8. The van der Waals surface area contributed by atoms with Crippen LogP contribution in [0.1, 0.15) is 50.8 Å². The molecule has 2 saturated carbocycles. The van der Waals surface area contributed by atoms with Gasteiger partial charge in [0, 0.05) is 17.3 Å². The van der Waals surface area contributed by atoms with Crippen LogP contribution >= 0.6 is 11.8 Å². The standard InChI is InChI=1S/C16H24N2O2S/c1-11(15-4-3-9-20-15)18(13-6-7-13)16(19)17-12-5-8-14(10-12)21-2/h3-4,9,11-14H,5-8,10H2,1-2H3,(H,17,19)/t11-,12+,14-/m1/s1. The highest BCUT2D eigenvalue weighted by Gasteiger charge is 2.38. The van der Waals surface area contributed by atoms with E-state index in [1.54, 1.807) is 6.26 Å². The number of carbonyl (C=O) groups excluding carboxylic acids is 1. The van der Waals surface area contributed by atoms with Crippen molar-refractivity contribution in [3.8, 4) is 0 Å². The van der Waals surface area contributed by atoms with Gasteiger partial charge in [0.25, 0.3) is 0 Å². The Balaban J connectivity index is 1.63. The zero-order valence-electron chi connectivity index (χ0n) is 12.7. The van der Waals surface area contributed by atoms with Gasteiger partial charge in [-0.1, -0.05) is 0 Å². The molecular formula is C16H24N2O2S. The van der Waals surface area contributed by atoms with Crippen LogP contribution in [0.15, 0.2) is 22.8 Å². The van der Waals surface area contributed by atoms with Gasteiger partial charge in [-0.25, -0.2) is 4.79 Å². The van der Waals surface area contributed by atoms with Gasteiger partial charge in [0.05, 0.1) is 12.3 Å². The molecule has 0 bridgehead atoms. The third-order valence-electron chi connectivity index (χ3n) is 4.59. The molecule has 3 atom stereocenters. The summed E-state index contributed by atoms with van der Waals surface area (Å²) in [6.45, 7) is 2.05. The van der Waals surface area contributed by atoms with Gasteiger partial charge in [0.15, 0.2) is 0 Å². The molecule has 0 aliphatic heterocycles. The molecule has 116 valence electrons. The highest BCUT2D eigenvalue weighted by atomic mass is 32.2. The molecule has 2 aliphatic rings. The third kappa shape index (κ3) is 3.39. The number of rotatable bonds is 5. The van der Waals surface area contributed by atoms with Crippen LogP contribution in [-0.2, 0) is 0 Å². The maximum absolute atomic E-state index is 12.7. The summed E-state index contributed by atoms with van der Waals surface area (Å²) >= 11 is 1.91. The topological polar surface area (TPSA) is 45.5 Å². The van der Waals surface area contributed by atoms with Crippen LogP contribution in [0.3, 0.4) is 0 Å². The van der Waals surface area contributed by atoms with Gasteiger partial charge in [0.2, 0.25) is 0 Å². The van der Waals surface area contributed by atoms with Crippen LogP contribution in [0.4, 0.5) is 4.79 Å². The Morgan fingerprint density at radius 2 is 2.24 bits per heavy atom. The predicted octanol–water partition coefficient (Wildman–Crippen LogP) is 3.80. The predicted molar refractivity (Wildman–Crippen MR) is 85.5 cm³/mol. The molecule has 0 aromatic carbocycles. The minimum atomic E-state index is 0.00486. The summed E-state index contributed by atoms with van der Waals surface area (Å²) in [5, 5.41) is 3.94. The minimum Gasteiger partial charge on any atom is -0.467 e. The molecule has 4 nitrogen and oxygen atoms in total. The molecule has 2 amide bonds. The average molecular weight is 308 g/mol. The number of nitrogens with zero attached hydrogens (tertiary/aromatic N) is 1. The van der Waals surface area contributed by atoms with Gasteiger partial charge >= 0.3 is 6.03 Å². The molecule has 3 rings (SSSR count). The molecule has 5 heteroatoms. The smallest absolute Gasteiger partial charge is 0.318 e. The van der Waals surface area contributed by atoms with Crippen molar-refractivity contribution in [2.24, 2.45) is 0 Å². The second kappa shape index (κ2) is 6.34. The Morgan fingerprint density at radius 1 is 1.43 bits per heavy atom. The van der Waals surface area contributed by atoms with E-state index in [0.717, 1.165) is 31.4 Å². The number of carbonyl (C=O) groups is 1. The molecule has 0 saturated heterocycles. The van der Waals surface area contributed by atoms with E-state index in [0.29, 0.717) is 17.3 Å². The number of amides is 2. The Bertz CT molecular complexity index is 473. The second-order valence-electron chi connectivity index (χ2n) is 6.15. The van der Waals surface area contributed by atoms with E-state index in [9.17, 15) is 4.79 Å². The molecule has 21 heavy (non-hydrogen) atoms. The first-order valence-electron chi connectivity index (χ1n) is 7.84. The molecule has 1 aromatic heterocycles. The molecule has 1 heterocycles. The van der Waals surface area contributed by atoms with Crippen LogP contribution in [-0.4, -0.2) is 34.5 Å². The Kier molecular flexibility index (Phi) is 4.48. The largest absolute Gasteiger partial charge is 0.467 e. The van der Waals surface area contributed by atoms with E-state index in [1.807, 2.05) is 28.8 Å². The minimum absolute atomic E-state index is 0.00486. The van der Waals surface area contributed by atoms with Crippen LogP contribution in [0.25, 0.3) is 0 Å². The fraction of sp³-hybridized carbons (Fsp3) is 0.688. The Labute approximate surface area is 130 Å². The lowest BCUT2D eigenvalue weighted by Crippen LogP contribution is -2.46. The number of hydrogen-bond acceptors (Lipinski definition) is 3. The Hall–Kier alpha value is -1.10. The summed E-state index contributed by atoms with van der Waals surface area (Å²) in [6.07, 6.45) is 9.46. The fourth-order valence-electron chi connectivity index (χ4n) is 3.21. The number of hydrogen-bond donors (Lipinski definition) is 1. The van der Waals surface area contributed by atoms with Gasteiger partial charge in [-0.05, 0) is 57.4 Å². The SMILES string of the molecule is CS[C@@H]1CC[C@H](NC(=O)N(C2CC2)[C@H](C)c2ccco2)C1. The average Bonchev–Trinajstić information content (AvgIpc) is 2.99. The van der Waals surface area contributed by atoms with Gasteiger partial charge < -0.3 is 14.6 Å². The lowest BCUT2D eigenvalue weighted by molar-refractivity contribution is 0.163. The van der Waals surface area contributed by atoms with Crippen molar-refractivity contribution in [3.05, 3.63) is 24.2 Å². The monoisotopic (exact) mass is 308 g/mol. The number of urea groups is 1. The zero-order valence-corrected chi connectivity index (χ0v) is 13.6. The summed E-state index contributed by atoms with van der Waals surface area (Å²) in [6, 6.07) is 4.63. The van der Waals surface area contributed by atoms with E-state index in [1.165, 1.54) is 6.42 Å². The van der Waals surface area contributed by atoms with E-state index in [4.69, 9.17) is 4.42 Å². The van der Waals surface area contributed by atoms with E-state index < -0.39 is 0 Å². The van der Waals surface area contributed by atoms with Crippen molar-refractivity contribution in [1.82, 2.24) is 10.2 Å². The lowest BCUT2D eigenvalue weighted by Gasteiger charge is -2.29. The number of furan rings is 1. The maximum Gasteiger partial charge on any atom is 0.318 e. The summed E-state index contributed by atoms with van der Waals surface area (Å²) in [5.74, 6) is 0.866. The van der Waals surface area contributed by atoms with Crippen molar-refractivity contribution in [2.45, 2.75) is 62.4 Å². The van der Waals surface area contributed by atoms with Crippen molar-refractivity contribution >= 4 is 17.8 Å². The van der Waals surface area contributed by atoms with Crippen molar-refractivity contribution in [3.63, 3.8) is 0 Å². The van der Waals surface area contributed by atoms with Crippen LogP contribution in [0.2, 0.25) is 0 Å². The summed E-state index contributed by atoms with van der Waals surface area (Å²) < 4.78 is 5.48. The second-order valence-corrected chi connectivity index (χ2v) is 7.29. The maximum atomic E-state index is 12.7. The van der Waals surface area contributed by atoms with Crippen molar-refractivity contribution < 1.29 is 9.21 Å². The molecule has 0 unspecified atom stereocenters. The molecule has 0 radical (unpaired) electrons. The molecule has 1 N–H and O–H groups in total. The highest BCUT2D eigenvalue weighted by molar-refractivity contribution is 7.99. The highest BCUT2D eigenvalue weighted by Crippen LogP contribution is 2.35. The van der Waals surface area contributed by atoms with Crippen molar-refractivity contribution in [1.29, 1.82) is 0 Å². The number of nitrogens with one attached hydrogen (secondary N) is 1. The summed E-state index contributed by atoms with van der Waals surface area (Å²) in [7, 11) is 0. The molecule has 2 fully saturated rings. The lowest BCUT2D eigenvalue weighted by atomic mass is 10.2. The summed E-state index contributed by atoms with van der Waals surface area (Å²) in [4.78, 5) is 14.7. The van der Waals surface area contributed by atoms with E-state index in [-0.39, 0.29) is 12.1 Å². The van der Waals surface area contributed by atoms with E-state index >= 15 is 0 Å². The van der Waals surface area contributed by atoms with E-state index in [2.05, 4.69) is 18.5 Å². The van der Waals surface area contributed by atoms with Gasteiger partial charge in [-0.2, -0.15) is 11.8 Å². The van der Waals surface area contributed by atoms with Crippen LogP contribution < -0.4 is 5.32 Å². The first-order chi connectivity index (χ1) is 10.2. The molecule has 2 aliphatic carbocycles. The quantitative estimate of drug-likeness (QED) is 0.900. The van der Waals surface area contributed by atoms with Crippen molar-refractivity contribution in [2.75, 3.05) is 6.26 Å². The van der Waals surface area contributed by atoms with Crippen LogP contribution in [0.5, 0.6) is 0 Å². The van der Waals surface area contributed by atoms with Gasteiger partial charge in [0.1, 0.15) is 5.76 Å². The van der Waals surface area contributed by atoms with Crippen LogP contribution in [0, 0.1) is 0 Å². The first-order valence-corrected chi connectivity index (χ1v) is 9.13. The summed E-state index contributed by atoms with van der Waals surface area (Å²) in [5.41, 5.74) is 0. The number of thioether (sulfide) groups is 1. The zero-order chi connectivity index (χ0) is 14.8. The molecular weight excluding hydrogens is 284 g/mol. The molecule has 1 aromatic rings. The fourth-order valence-corrected chi connectivity index (χ4v) is 4.01.